The van der Waals surface area contributed by atoms with Crippen LogP contribution in [0.1, 0.15) is 6.92 Å². The average molecular weight is 168 g/mol. The van der Waals surface area contributed by atoms with Crippen molar-refractivity contribution in [3.8, 4) is 5.75 Å². The van der Waals surface area contributed by atoms with Crippen molar-refractivity contribution in [2.45, 2.75) is 6.92 Å². The number of pyridine rings is 1. The van der Waals surface area contributed by atoms with Crippen molar-refractivity contribution in [3.05, 3.63) is 22.6 Å². The lowest BCUT2D eigenvalue weighted by Gasteiger charge is -2.01. The molecule has 0 unspecified atom stereocenters. The maximum Gasteiger partial charge on any atom is 0.308 e. The van der Waals surface area contributed by atoms with E-state index in [0.29, 0.717) is 0 Å². The molecule has 3 N–H and O–H groups in total. The van der Waals surface area contributed by atoms with Crippen molar-refractivity contribution in [1.82, 2.24) is 4.98 Å². The van der Waals surface area contributed by atoms with Gasteiger partial charge in [0.25, 0.3) is 5.56 Å². The second-order valence-electron chi connectivity index (χ2n) is 2.18. The highest BCUT2D eigenvalue weighted by Crippen LogP contribution is 2.14. The number of hydrogen-bond acceptors (Lipinski definition) is 4. The molecule has 1 heterocycles. The molecule has 0 fully saturated rings. The van der Waals surface area contributed by atoms with Crippen molar-refractivity contribution in [2.24, 2.45) is 0 Å². The summed E-state index contributed by atoms with van der Waals surface area (Å²) in [4.78, 5) is 23.7. The van der Waals surface area contributed by atoms with Crippen LogP contribution in [0.15, 0.2) is 17.1 Å². The molecule has 0 aliphatic rings. The van der Waals surface area contributed by atoms with E-state index < -0.39 is 11.5 Å². The number of nitrogens with one attached hydrogen (secondary N) is 1. The first-order chi connectivity index (χ1) is 5.61. The molecule has 12 heavy (non-hydrogen) atoms. The predicted octanol–water partition coefficient (Wildman–Crippen LogP) is -0.118. The fourth-order valence-electron chi connectivity index (χ4n) is 0.716. The van der Waals surface area contributed by atoms with Crippen LogP contribution in [0.2, 0.25) is 0 Å². The standard InChI is InChI=1S/C7H8N2O3/c1-4(10)12-5-2-3-9-7(11)6(5)8/h2-3H,8H2,1H3,(H,9,11). The highest BCUT2D eigenvalue weighted by molar-refractivity contribution is 5.71. The second kappa shape index (κ2) is 3.08. The number of hydrogen-bond donors (Lipinski definition) is 2. The highest BCUT2D eigenvalue weighted by atomic mass is 16.5. The molecule has 0 radical (unpaired) electrons. The van der Waals surface area contributed by atoms with E-state index in [1.165, 1.54) is 19.2 Å². The molecule has 0 atom stereocenters. The number of esters is 1. The van der Waals surface area contributed by atoms with Crippen molar-refractivity contribution < 1.29 is 9.53 Å². The van der Waals surface area contributed by atoms with E-state index in [9.17, 15) is 9.59 Å². The highest BCUT2D eigenvalue weighted by Gasteiger charge is 2.04. The summed E-state index contributed by atoms with van der Waals surface area (Å²) < 4.78 is 4.64. The van der Waals surface area contributed by atoms with Gasteiger partial charge in [-0.15, -0.1) is 0 Å². The van der Waals surface area contributed by atoms with Gasteiger partial charge in [0.2, 0.25) is 0 Å². The number of nitrogens with two attached hydrogens (primary N) is 1. The van der Waals surface area contributed by atoms with Crippen LogP contribution in [0.3, 0.4) is 0 Å². The molecule has 1 aromatic heterocycles. The van der Waals surface area contributed by atoms with Gasteiger partial charge in [-0.05, 0) is 6.07 Å². The lowest BCUT2D eigenvalue weighted by molar-refractivity contribution is -0.131. The number of aromatic amines is 1. The average Bonchev–Trinajstić information content (AvgIpc) is 1.98. The SMILES string of the molecule is CC(=O)Oc1cc[nH]c(=O)c1N. The van der Waals surface area contributed by atoms with Gasteiger partial charge in [-0.25, -0.2) is 0 Å². The van der Waals surface area contributed by atoms with E-state index >= 15 is 0 Å². The van der Waals surface area contributed by atoms with Crippen LogP contribution in [-0.2, 0) is 4.79 Å². The van der Waals surface area contributed by atoms with E-state index in [1.54, 1.807) is 0 Å². The molecular weight excluding hydrogens is 160 g/mol. The van der Waals surface area contributed by atoms with Crippen LogP contribution in [-0.4, -0.2) is 11.0 Å². The zero-order valence-corrected chi connectivity index (χ0v) is 6.46. The van der Waals surface area contributed by atoms with Gasteiger partial charge in [-0.2, -0.15) is 0 Å². The summed E-state index contributed by atoms with van der Waals surface area (Å²) in [5, 5.41) is 0. The van der Waals surface area contributed by atoms with Gasteiger partial charge in [0.05, 0.1) is 0 Å². The zero-order chi connectivity index (χ0) is 9.14. The van der Waals surface area contributed by atoms with Crippen LogP contribution in [0.25, 0.3) is 0 Å². The van der Waals surface area contributed by atoms with E-state index in [-0.39, 0.29) is 11.4 Å². The summed E-state index contributed by atoms with van der Waals surface area (Å²) in [6.45, 7) is 1.24. The molecular formula is C7H8N2O3. The maximum atomic E-state index is 10.8. The van der Waals surface area contributed by atoms with E-state index in [1.807, 2.05) is 0 Å². The molecule has 1 aromatic rings. The molecule has 0 saturated carbocycles. The third-order valence-electron chi connectivity index (χ3n) is 1.21. The Morgan fingerprint density at radius 2 is 2.33 bits per heavy atom. The Hall–Kier alpha value is -1.78. The largest absolute Gasteiger partial charge is 0.424 e. The number of rotatable bonds is 1. The Morgan fingerprint density at radius 1 is 1.67 bits per heavy atom. The first-order valence-corrected chi connectivity index (χ1v) is 3.27. The number of carbonyl (C=O) groups is 1. The number of ether oxygens (including phenoxy) is 1. The molecule has 0 aliphatic heterocycles. The summed E-state index contributed by atoms with van der Waals surface area (Å²) in [7, 11) is 0. The minimum atomic E-state index is -0.507. The van der Waals surface area contributed by atoms with E-state index in [4.69, 9.17) is 5.73 Å². The van der Waals surface area contributed by atoms with Crippen LogP contribution < -0.4 is 16.0 Å². The zero-order valence-electron chi connectivity index (χ0n) is 6.46. The van der Waals surface area contributed by atoms with E-state index in [2.05, 4.69) is 9.72 Å². The lowest BCUT2D eigenvalue weighted by Crippen LogP contribution is -2.14. The van der Waals surface area contributed by atoms with Gasteiger partial charge < -0.3 is 15.5 Å². The van der Waals surface area contributed by atoms with Gasteiger partial charge >= 0.3 is 5.97 Å². The fourth-order valence-corrected chi connectivity index (χ4v) is 0.716. The Kier molecular flexibility index (Phi) is 2.14. The monoisotopic (exact) mass is 168 g/mol. The quantitative estimate of drug-likeness (QED) is 0.572. The predicted molar refractivity (Wildman–Crippen MR) is 42.8 cm³/mol. The van der Waals surface area contributed by atoms with Gasteiger partial charge in [-0.1, -0.05) is 0 Å². The Balaban J connectivity index is 3.08. The molecule has 5 heteroatoms. The number of aromatic nitrogens is 1. The van der Waals surface area contributed by atoms with Crippen molar-refractivity contribution in [2.75, 3.05) is 5.73 Å². The Morgan fingerprint density at radius 3 is 2.92 bits per heavy atom. The van der Waals surface area contributed by atoms with Crippen LogP contribution in [0, 0.1) is 0 Å². The minimum absolute atomic E-state index is 0.0891. The summed E-state index contributed by atoms with van der Waals surface area (Å²) in [6.07, 6.45) is 1.36. The fraction of sp³-hybridized carbons (Fsp3) is 0.143. The third kappa shape index (κ3) is 1.63. The minimum Gasteiger partial charge on any atom is -0.424 e. The van der Waals surface area contributed by atoms with Gasteiger partial charge in [0.1, 0.15) is 5.69 Å². The molecule has 0 saturated heterocycles. The molecule has 0 aliphatic carbocycles. The normalized spacial score (nSPS) is 9.42. The molecule has 1 rings (SSSR count). The van der Waals surface area contributed by atoms with Crippen LogP contribution in [0.5, 0.6) is 5.75 Å². The topological polar surface area (TPSA) is 85.2 Å². The molecule has 0 spiro atoms. The van der Waals surface area contributed by atoms with E-state index in [0.717, 1.165) is 0 Å². The van der Waals surface area contributed by atoms with Crippen LogP contribution >= 0.6 is 0 Å². The van der Waals surface area contributed by atoms with Crippen molar-refractivity contribution >= 4 is 11.7 Å². The number of H-pyrrole nitrogens is 1. The summed E-state index contributed by atoms with van der Waals surface area (Å²) in [5.41, 5.74) is 4.76. The Labute approximate surface area is 68.2 Å². The number of nitrogen functional groups attached to an aromatic ring is 1. The summed E-state index contributed by atoms with van der Waals surface area (Å²) in [6, 6.07) is 1.41. The van der Waals surface area contributed by atoms with Crippen molar-refractivity contribution in [1.29, 1.82) is 0 Å². The summed E-state index contributed by atoms with van der Waals surface area (Å²) in [5.74, 6) is -0.418. The lowest BCUT2D eigenvalue weighted by atomic mass is 10.4. The van der Waals surface area contributed by atoms with Gasteiger partial charge in [0.15, 0.2) is 5.75 Å². The number of anilines is 1. The molecule has 64 valence electrons. The molecule has 5 nitrogen and oxygen atoms in total. The maximum absolute atomic E-state index is 10.8. The van der Waals surface area contributed by atoms with Gasteiger partial charge in [0, 0.05) is 13.1 Å². The Bertz CT molecular complexity index is 356. The second-order valence-corrected chi connectivity index (χ2v) is 2.18. The van der Waals surface area contributed by atoms with Crippen LogP contribution in [0.4, 0.5) is 5.69 Å². The first-order valence-electron chi connectivity index (χ1n) is 3.27. The van der Waals surface area contributed by atoms with Gasteiger partial charge in [-0.3, -0.25) is 9.59 Å². The smallest absolute Gasteiger partial charge is 0.308 e. The number of carbonyl (C=O) groups excluding carboxylic acids is 1. The molecule has 0 aromatic carbocycles. The summed E-state index contributed by atoms with van der Waals surface area (Å²) >= 11 is 0. The first kappa shape index (κ1) is 8.32. The van der Waals surface area contributed by atoms with Crippen molar-refractivity contribution in [3.63, 3.8) is 0 Å². The molecule has 0 bridgehead atoms. The third-order valence-corrected chi connectivity index (χ3v) is 1.21. The molecule has 0 amide bonds.